The van der Waals surface area contributed by atoms with Gasteiger partial charge in [-0.1, -0.05) is 12.8 Å². The summed E-state index contributed by atoms with van der Waals surface area (Å²) in [6.45, 7) is 7.22. The molecule has 2 unspecified atom stereocenters. The molecule has 0 spiro atoms. The number of hydrogen-bond donors (Lipinski definition) is 2. The highest BCUT2D eigenvalue weighted by Crippen LogP contribution is 2.33. The summed E-state index contributed by atoms with van der Waals surface area (Å²) in [5.41, 5.74) is 0. The molecule has 17 heavy (non-hydrogen) atoms. The second kappa shape index (κ2) is 6.69. The molecule has 1 aliphatic carbocycles. The largest absolute Gasteiger partial charge is 0.390 e. The van der Waals surface area contributed by atoms with Gasteiger partial charge in [0.25, 0.3) is 0 Å². The van der Waals surface area contributed by atoms with Crippen molar-refractivity contribution < 1.29 is 9.84 Å². The normalized spacial score (nSPS) is 25.8. The lowest BCUT2D eigenvalue weighted by molar-refractivity contribution is 0.0145. The van der Waals surface area contributed by atoms with Crippen molar-refractivity contribution in [2.45, 2.75) is 38.3 Å². The van der Waals surface area contributed by atoms with Crippen LogP contribution in [0.1, 0.15) is 26.2 Å². The number of rotatable bonds is 7. The molecular formula is C13H26N2O2. The maximum Gasteiger partial charge on any atom is 0.0791 e. The molecule has 0 bridgehead atoms. The van der Waals surface area contributed by atoms with Gasteiger partial charge in [0.2, 0.25) is 0 Å². The standard InChI is InChI=1S/C13H26N2O2/c1-11(8-12-2-3-12)14-9-13(16)10-15-4-6-17-7-5-15/h11-14,16H,2-10H2,1H3. The Morgan fingerprint density at radius 2 is 2.06 bits per heavy atom. The van der Waals surface area contributed by atoms with Gasteiger partial charge in [0.15, 0.2) is 0 Å². The van der Waals surface area contributed by atoms with Gasteiger partial charge < -0.3 is 15.2 Å². The third kappa shape index (κ3) is 5.34. The fourth-order valence-electron chi connectivity index (χ4n) is 2.42. The summed E-state index contributed by atoms with van der Waals surface area (Å²) in [4.78, 5) is 2.28. The third-order valence-electron chi connectivity index (χ3n) is 3.66. The monoisotopic (exact) mass is 242 g/mol. The topological polar surface area (TPSA) is 44.7 Å². The van der Waals surface area contributed by atoms with Crippen LogP contribution in [0.2, 0.25) is 0 Å². The van der Waals surface area contributed by atoms with Crippen LogP contribution in [0.25, 0.3) is 0 Å². The molecule has 2 rings (SSSR count). The second-order valence-corrected chi connectivity index (χ2v) is 5.56. The van der Waals surface area contributed by atoms with Crippen LogP contribution in [0.3, 0.4) is 0 Å². The van der Waals surface area contributed by atoms with Crippen molar-refractivity contribution in [1.82, 2.24) is 10.2 Å². The molecular weight excluding hydrogens is 216 g/mol. The van der Waals surface area contributed by atoms with E-state index in [0.29, 0.717) is 12.6 Å². The fourth-order valence-corrected chi connectivity index (χ4v) is 2.42. The zero-order valence-electron chi connectivity index (χ0n) is 10.9. The summed E-state index contributed by atoms with van der Waals surface area (Å²) in [6, 6.07) is 0.543. The van der Waals surface area contributed by atoms with Crippen molar-refractivity contribution in [3.63, 3.8) is 0 Å². The van der Waals surface area contributed by atoms with Crippen molar-refractivity contribution in [2.24, 2.45) is 5.92 Å². The minimum atomic E-state index is -0.255. The van der Waals surface area contributed by atoms with Crippen LogP contribution in [0, 0.1) is 5.92 Å². The number of nitrogens with zero attached hydrogens (tertiary/aromatic N) is 1. The Bertz CT molecular complexity index is 215. The van der Waals surface area contributed by atoms with Gasteiger partial charge in [-0.3, -0.25) is 4.90 Å². The van der Waals surface area contributed by atoms with Crippen molar-refractivity contribution in [3.8, 4) is 0 Å². The molecule has 2 atom stereocenters. The molecule has 4 nitrogen and oxygen atoms in total. The van der Waals surface area contributed by atoms with E-state index >= 15 is 0 Å². The van der Waals surface area contributed by atoms with Gasteiger partial charge in [-0.05, 0) is 19.3 Å². The molecule has 0 aromatic rings. The summed E-state index contributed by atoms with van der Waals surface area (Å²) in [7, 11) is 0. The van der Waals surface area contributed by atoms with Crippen LogP contribution in [0.4, 0.5) is 0 Å². The molecule has 4 heteroatoms. The van der Waals surface area contributed by atoms with Gasteiger partial charge in [-0.2, -0.15) is 0 Å². The number of ether oxygens (including phenoxy) is 1. The van der Waals surface area contributed by atoms with Crippen molar-refractivity contribution in [1.29, 1.82) is 0 Å². The number of aliphatic hydroxyl groups excluding tert-OH is 1. The van der Waals surface area contributed by atoms with Crippen LogP contribution >= 0.6 is 0 Å². The van der Waals surface area contributed by atoms with E-state index in [9.17, 15) is 5.11 Å². The van der Waals surface area contributed by atoms with Crippen LogP contribution in [-0.4, -0.2) is 61.5 Å². The predicted molar refractivity (Wildman–Crippen MR) is 68.1 cm³/mol. The van der Waals surface area contributed by atoms with E-state index in [-0.39, 0.29) is 6.10 Å². The molecule has 1 saturated carbocycles. The first kappa shape index (κ1) is 13.3. The van der Waals surface area contributed by atoms with Crippen LogP contribution in [0.15, 0.2) is 0 Å². The average Bonchev–Trinajstić information content (AvgIpc) is 3.12. The van der Waals surface area contributed by atoms with Gasteiger partial charge in [-0.25, -0.2) is 0 Å². The van der Waals surface area contributed by atoms with E-state index in [1.54, 1.807) is 0 Å². The summed E-state index contributed by atoms with van der Waals surface area (Å²) >= 11 is 0. The van der Waals surface area contributed by atoms with Crippen LogP contribution in [-0.2, 0) is 4.74 Å². The van der Waals surface area contributed by atoms with E-state index in [2.05, 4.69) is 17.1 Å². The number of nitrogens with one attached hydrogen (secondary N) is 1. The quantitative estimate of drug-likeness (QED) is 0.681. The number of aliphatic hydroxyl groups is 1. The Morgan fingerprint density at radius 1 is 1.35 bits per heavy atom. The lowest BCUT2D eigenvalue weighted by Gasteiger charge is -2.29. The Morgan fingerprint density at radius 3 is 2.71 bits per heavy atom. The zero-order valence-corrected chi connectivity index (χ0v) is 10.9. The van der Waals surface area contributed by atoms with E-state index < -0.39 is 0 Å². The van der Waals surface area contributed by atoms with E-state index in [1.807, 2.05) is 0 Å². The zero-order chi connectivity index (χ0) is 12.1. The van der Waals surface area contributed by atoms with Crippen molar-refractivity contribution >= 4 is 0 Å². The summed E-state index contributed by atoms with van der Waals surface area (Å²) < 4.78 is 5.29. The second-order valence-electron chi connectivity index (χ2n) is 5.56. The van der Waals surface area contributed by atoms with Gasteiger partial charge in [0.05, 0.1) is 19.3 Å². The maximum atomic E-state index is 9.96. The van der Waals surface area contributed by atoms with Crippen LogP contribution in [0.5, 0.6) is 0 Å². The summed E-state index contributed by atoms with van der Waals surface area (Å²) in [5, 5.41) is 13.4. The molecule has 1 heterocycles. The third-order valence-corrected chi connectivity index (χ3v) is 3.66. The molecule has 0 radical (unpaired) electrons. The highest BCUT2D eigenvalue weighted by atomic mass is 16.5. The highest BCUT2D eigenvalue weighted by Gasteiger charge is 2.23. The lowest BCUT2D eigenvalue weighted by atomic mass is 10.1. The Hall–Kier alpha value is -0.160. The molecule has 2 fully saturated rings. The summed E-state index contributed by atoms with van der Waals surface area (Å²) in [5.74, 6) is 0.953. The van der Waals surface area contributed by atoms with Crippen LogP contribution < -0.4 is 5.32 Å². The minimum absolute atomic E-state index is 0.255. The van der Waals surface area contributed by atoms with Crippen molar-refractivity contribution in [2.75, 3.05) is 39.4 Å². The highest BCUT2D eigenvalue weighted by molar-refractivity contribution is 4.79. The molecule has 100 valence electrons. The van der Waals surface area contributed by atoms with Gasteiger partial charge in [0.1, 0.15) is 0 Å². The van der Waals surface area contributed by atoms with Gasteiger partial charge in [-0.15, -0.1) is 0 Å². The number of hydrogen-bond acceptors (Lipinski definition) is 4. The fraction of sp³-hybridized carbons (Fsp3) is 1.00. The minimum Gasteiger partial charge on any atom is -0.390 e. The number of morpholine rings is 1. The molecule has 1 aliphatic heterocycles. The first-order valence-corrected chi connectivity index (χ1v) is 6.95. The predicted octanol–water partition coefficient (Wildman–Crippen LogP) is 0.458. The first-order chi connectivity index (χ1) is 8.24. The molecule has 0 amide bonds. The SMILES string of the molecule is CC(CC1CC1)NCC(O)CN1CCOCC1. The van der Waals surface area contributed by atoms with E-state index in [4.69, 9.17) is 4.74 Å². The average molecular weight is 242 g/mol. The van der Waals surface area contributed by atoms with Crippen molar-refractivity contribution in [3.05, 3.63) is 0 Å². The molecule has 2 aliphatic rings. The summed E-state index contributed by atoms with van der Waals surface area (Å²) in [6.07, 6.45) is 3.82. The Labute approximate surface area is 104 Å². The Balaban J connectivity index is 1.54. The molecule has 0 aromatic heterocycles. The molecule has 2 N–H and O–H groups in total. The molecule has 1 saturated heterocycles. The maximum absolute atomic E-state index is 9.96. The Kier molecular flexibility index (Phi) is 5.22. The smallest absolute Gasteiger partial charge is 0.0791 e. The van der Waals surface area contributed by atoms with E-state index in [1.165, 1.54) is 19.3 Å². The number of β-amino-alcohol motifs (C(OH)–C–C–N with tert-alkyl or cyclic N) is 1. The van der Waals surface area contributed by atoms with Gasteiger partial charge in [0, 0.05) is 32.2 Å². The first-order valence-electron chi connectivity index (χ1n) is 6.95. The lowest BCUT2D eigenvalue weighted by Crippen LogP contribution is -2.45. The van der Waals surface area contributed by atoms with E-state index in [0.717, 1.165) is 38.8 Å². The van der Waals surface area contributed by atoms with Gasteiger partial charge >= 0.3 is 0 Å². The molecule has 0 aromatic carbocycles.